The molecule has 0 aromatic rings. The molecule has 0 heterocycles. The van der Waals surface area contributed by atoms with Crippen LogP contribution in [0.1, 0.15) is 12.8 Å². The first kappa shape index (κ1) is 10.3. The number of rotatable bonds is 4. The molecule has 4 heteroatoms. The van der Waals surface area contributed by atoms with Gasteiger partial charge in [-0.2, -0.15) is 0 Å². The topological polar surface area (TPSA) is 0 Å². The molecule has 0 unspecified atom stereocenters. The van der Waals surface area contributed by atoms with Crippen molar-refractivity contribution < 1.29 is 8.78 Å². The van der Waals surface area contributed by atoms with Gasteiger partial charge in [-0.15, -0.1) is 0 Å². The lowest BCUT2D eigenvalue weighted by atomic mass is 10.2. The average molecular weight is 360 g/mol. The number of halogens is 4. The molecule has 0 bridgehead atoms. The number of alkyl halides is 4. The van der Waals surface area contributed by atoms with E-state index in [0.29, 0.717) is 8.86 Å². The number of hydrogen-bond acceptors (Lipinski definition) is 0. The van der Waals surface area contributed by atoms with Crippen molar-refractivity contribution in [1.29, 1.82) is 0 Å². The fourth-order valence-corrected chi connectivity index (χ4v) is 1.98. The molecule has 0 aliphatic carbocycles. The van der Waals surface area contributed by atoms with Crippen molar-refractivity contribution in [2.24, 2.45) is 0 Å². The summed E-state index contributed by atoms with van der Waals surface area (Å²) in [7, 11) is 0. The quantitative estimate of drug-likeness (QED) is 0.534. The van der Waals surface area contributed by atoms with Crippen LogP contribution in [0.3, 0.4) is 0 Å². The molecule has 0 aliphatic heterocycles. The molecule has 0 radical (unpaired) electrons. The molecule has 0 aromatic heterocycles. The van der Waals surface area contributed by atoms with E-state index < -0.39 is 5.92 Å². The van der Waals surface area contributed by atoms with Crippen molar-refractivity contribution in [1.82, 2.24) is 0 Å². The van der Waals surface area contributed by atoms with Crippen LogP contribution in [-0.4, -0.2) is 14.8 Å². The van der Waals surface area contributed by atoms with Gasteiger partial charge in [0.1, 0.15) is 0 Å². The molecule has 0 fully saturated rings. The van der Waals surface area contributed by atoms with Gasteiger partial charge in [0.05, 0.1) is 0 Å². The van der Waals surface area contributed by atoms with E-state index in [2.05, 4.69) is 0 Å². The van der Waals surface area contributed by atoms with Crippen molar-refractivity contribution in [3.63, 3.8) is 0 Å². The first-order chi connectivity index (χ1) is 4.12. The summed E-state index contributed by atoms with van der Waals surface area (Å²) in [4.78, 5) is 0. The van der Waals surface area contributed by atoms with Crippen LogP contribution in [0.5, 0.6) is 0 Å². The standard InChI is InChI=1S/C5H8F2I2/c6-5(7,1-3-8)2-4-9/h1-4H2. The van der Waals surface area contributed by atoms with Gasteiger partial charge in [0.15, 0.2) is 0 Å². The lowest BCUT2D eigenvalue weighted by Crippen LogP contribution is -2.16. The SMILES string of the molecule is FC(F)(CCI)CCI. The third-order valence-electron chi connectivity index (χ3n) is 0.921. The van der Waals surface area contributed by atoms with Crippen LogP contribution in [0, 0.1) is 0 Å². The maximum Gasteiger partial charge on any atom is 0.249 e. The summed E-state index contributed by atoms with van der Waals surface area (Å²) in [5.41, 5.74) is 0. The molecule has 0 saturated heterocycles. The second-order valence-electron chi connectivity index (χ2n) is 1.73. The van der Waals surface area contributed by atoms with E-state index in [-0.39, 0.29) is 12.8 Å². The third-order valence-corrected chi connectivity index (χ3v) is 2.00. The summed E-state index contributed by atoms with van der Waals surface area (Å²) < 4.78 is 25.9. The second kappa shape index (κ2) is 5.03. The van der Waals surface area contributed by atoms with E-state index in [1.807, 2.05) is 45.2 Å². The average Bonchev–Trinajstić information content (AvgIpc) is 1.64. The molecule has 0 aromatic carbocycles. The van der Waals surface area contributed by atoms with Crippen LogP contribution >= 0.6 is 45.2 Å². The highest BCUT2D eigenvalue weighted by atomic mass is 127. The molecule has 0 aliphatic rings. The number of hydrogen-bond donors (Lipinski definition) is 0. The zero-order chi connectivity index (χ0) is 7.33. The zero-order valence-electron chi connectivity index (χ0n) is 4.84. The predicted octanol–water partition coefficient (Wildman–Crippen LogP) is 3.27. The van der Waals surface area contributed by atoms with E-state index in [1.165, 1.54) is 0 Å². The molecular formula is C5H8F2I2. The van der Waals surface area contributed by atoms with Crippen molar-refractivity contribution in [2.75, 3.05) is 8.86 Å². The van der Waals surface area contributed by atoms with Gasteiger partial charge in [0.25, 0.3) is 0 Å². The van der Waals surface area contributed by atoms with E-state index in [1.54, 1.807) is 0 Å². The lowest BCUT2D eigenvalue weighted by Gasteiger charge is -2.11. The van der Waals surface area contributed by atoms with Crippen LogP contribution in [0.2, 0.25) is 0 Å². The van der Waals surface area contributed by atoms with Crippen molar-refractivity contribution >= 4 is 45.2 Å². The van der Waals surface area contributed by atoms with Crippen molar-refractivity contribution in [3.05, 3.63) is 0 Å². The molecule has 0 nitrogen and oxygen atoms in total. The maximum absolute atomic E-state index is 12.4. The Balaban J connectivity index is 3.43. The summed E-state index contributed by atoms with van der Waals surface area (Å²) in [6.07, 6.45) is 0.0487. The fourth-order valence-electron chi connectivity index (χ4n) is 0.401. The van der Waals surface area contributed by atoms with Gasteiger partial charge in [0.2, 0.25) is 5.92 Å². The van der Waals surface area contributed by atoms with Gasteiger partial charge in [-0.3, -0.25) is 0 Å². The van der Waals surface area contributed by atoms with E-state index >= 15 is 0 Å². The second-order valence-corrected chi connectivity index (χ2v) is 3.89. The van der Waals surface area contributed by atoms with Crippen LogP contribution in [0.4, 0.5) is 8.78 Å². The Morgan fingerprint density at radius 1 is 1.00 bits per heavy atom. The largest absolute Gasteiger partial charge is 0.249 e. The van der Waals surface area contributed by atoms with E-state index in [4.69, 9.17) is 0 Å². The van der Waals surface area contributed by atoms with Gasteiger partial charge in [-0.05, 0) is 0 Å². The summed E-state index contributed by atoms with van der Waals surface area (Å²) in [6.45, 7) is 0. The molecular weight excluding hydrogens is 352 g/mol. The van der Waals surface area contributed by atoms with Crippen molar-refractivity contribution in [2.45, 2.75) is 18.8 Å². The first-order valence-electron chi connectivity index (χ1n) is 2.62. The Hall–Kier alpha value is 1.32. The summed E-state index contributed by atoms with van der Waals surface area (Å²) in [5.74, 6) is -2.41. The Morgan fingerprint density at radius 2 is 1.33 bits per heavy atom. The molecule has 0 N–H and O–H groups in total. The van der Waals surface area contributed by atoms with Crippen LogP contribution in [0.15, 0.2) is 0 Å². The predicted molar refractivity (Wildman–Crippen MR) is 52.0 cm³/mol. The fraction of sp³-hybridized carbons (Fsp3) is 1.00. The summed E-state index contributed by atoms with van der Waals surface area (Å²) in [6, 6.07) is 0. The minimum atomic E-state index is -2.41. The van der Waals surface area contributed by atoms with E-state index in [0.717, 1.165) is 0 Å². The molecule has 0 rings (SSSR count). The minimum Gasteiger partial charge on any atom is -0.207 e. The highest BCUT2D eigenvalue weighted by molar-refractivity contribution is 14.1. The van der Waals surface area contributed by atoms with E-state index in [9.17, 15) is 8.78 Å². The Labute approximate surface area is 81.1 Å². The highest BCUT2D eigenvalue weighted by Gasteiger charge is 2.26. The maximum atomic E-state index is 12.4. The summed E-state index contributed by atoms with van der Waals surface area (Å²) in [5, 5.41) is 0. The normalized spacial score (nSPS) is 12.0. The lowest BCUT2D eigenvalue weighted by molar-refractivity contribution is -0.00265. The third kappa shape index (κ3) is 5.75. The zero-order valence-corrected chi connectivity index (χ0v) is 9.16. The summed E-state index contributed by atoms with van der Waals surface area (Å²) >= 11 is 3.94. The highest BCUT2D eigenvalue weighted by Crippen LogP contribution is 2.24. The smallest absolute Gasteiger partial charge is 0.207 e. The van der Waals surface area contributed by atoms with Gasteiger partial charge in [-0.1, -0.05) is 45.2 Å². The van der Waals surface area contributed by atoms with Crippen LogP contribution < -0.4 is 0 Å². The van der Waals surface area contributed by atoms with Crippen LogP contribution in [0.25, 0.3) is 0 Å². The molecule has 0 spiro atoms. The van der Waals surface area contributed by atoms with Crippen molar-refractivity contribution in [3.8, 4) is 0 Å². The molecule has 56 valence electrons. The monoisotopic (exact) mass is 360 g/mol. The van der Waals surface area contributed by atoms with Gasteiger partial charge in [0, 0.05) is 21.7 Å². The molecule has 9 heavy (non-hydrogen) atoms. The first-order valence-corrected chi connectivity index (χ1v) is 5.67. The molecule has 0 saturated carbocycles. The Bertz CT molecular complexity index is 67.4. The van der Waals surface area contributed by atoms with Gasteiger partial charge < -0.3 is 0 Å². The molecule has 0 atom stereocenters. The Kier molecular flexibility index (Phi) is 5.77. The van der Waals surface area contributed by atoms with Gasteiger partial charge >= 0.3 is 0 Å². The van der Waals surface area contributed by atoms with Gasteiger partial charge in [-0.25, -0.2) is 8.78 Å². The Morgan fingerprint density at radius 3 is 1.56 bits per heavy atom. The molecule has 0 amide bonds. The minimum absolute atomic E-state index is 0.0244. The van der Waals surface area contributed by atoms with Crippen LogP contribution in [-0.2, 0) is 0 Å².